The predicted octanol–water partition coefficient (Wildman–Crippen LogP) is -0.423. The van der Waals surface area contributed by atoms with Crippen molar-refractivity contribution in [3.63, 3.8) is 0 Å². The summed E-state index contributed by atoms with van der Waals surface area (Å²) >= 11 is 0. The molecule has 0 aromatic carbocycles. The SMILES string of the molecule is CC(C)(CCN1CCNCC1)N1CCN(CCC(C)(C)N2CCN(CCNCCN3CCN(CCN4CCNCC4)CC3)CC2)CC1. The van der Waals surface area contributed by atoms with Gasteiger partial charge in [0.05, 0.1) is 0 Å². The predicted molar refractivity (Wildman–Crippen MR) is 198 cm³/mol. The number of nitrogens with one attached hydrogen (secondary N) is 3. The van der Waals surface area contributed by atoms with Gasteiger partial charge < -0.3 is 25.8 Å². The molecule has 274 valence electrons. The van der Waals surface area contributed by atoms with Crippen LogP contribution in [-0.2, 0) is 0 Å². The van der Waals surface area contributed by atoms with Gasteiger partial charge in [0.15, 0.2) is 0 Å². The Morgan fingerprint density at radius 1 is 0.383 bits per heavy atom. The van der Waals surface area contributed by atoms with Crippen molar-refractivity contribution in [3.05, 3.63) is 0 Å². The summed E-state index contributed by atoms with van der Waals surface area (Å²) in [7, 11) is 0. The quantitative estimate of drug-likeness (QED) is 0.178. The van der Waals surface area contributed by atoms with Gasteiger partial charge >= 0.3 is 0 Å². The summed E-state index contributed by atoms with van der Waals surface area (Å²) in [5, 5.41) is 10.7. The minimum atomic E-state index is 0.277. The summed E-state index contributed by atoms with van der Waals surface area (Å²) in [6.45, 7) is 43.6. The molecule has 47 heavy (non-hydrogen) atoms. The van der Waals surface area contributed by atoms with Crippen molar-refractivity contribution >= 4 is 0 Å². The smallest absolute Gasteiger partial charge is 0.0166 e. The Labute approximate surface area is 289 Å². The van der Waals surface area contributed by atoms with Crippen LogP contribution in [0.15, 0.2) is 0 Å². The van der Waals surface area contributed by atoms with Gasteiger partial charge in [-0.1, -0.05) is 0 Å². The van der Waals surface area contributed by atoms with Crippen LogP contribution in [0.3, 0.4) is 0 Å². The van der Waals surface area contributed by atoms with Crippen LogP contribution in [0, 0.1) is 0 Å². The fraction of sp³-hybridized carbons (Fsp3) is 1.00. The van der Waals surface area contributed by atoms with Crippen molar-refractivity contribution in [3.8, 4) is 0 Å². The van der Waals surface area contributed by atoms with E-state index in [0.29, 0.717) is 5.54 Å². The van der Waals surface area contributed by atoms with E-state index >= 15 is 0 Å². The molecule has 0 spiro atoms. The van der Waals surface area contributed by atoms with E-state index in [1.165, 1.54) is 157 Å². The zero-order valence-corrected chi connectivity index (χ0v) is 31.3. The highest BCUT2D eigenvalue weighted by molar-refractivity contribution is 4.90. The first-order valence-electron chi connectivity index (χ1n) is 19.7. The van der Waals surface area contributed by atoms with E-state index in [9.17, 15) is 0 Å². The normalized spacial score (nSPS) is 25.5. The third-order valence-corrected chi connectivity index (χ3v) is 12.4. The highest BCUT2D eigenvalue weighted by Gasteiger charge is 2.33. The Hall–Kier alpha value is -0.440. The summed E-state index contributed by atoms with van der Waals surface area (Å²) in [6, 6.07) is 0. The van der Waals surface area contributed by atoms with Gasteiger partial charge in [0.1, 0.15) is 0 Å². The second kappa shape index (κ2) is 19.2. The lowest BCUT2D eigenvalue weighted by atomic mass is 9.95. The van der Waals surface area contributed by atoms with Gasteiger partial charge in [-0.15, -0.1) is 0 Å². The lowest BCUT2D eigenvalue weighted by Gasteiger charge is -2.47. The Morgan fingerprint density at radius 3 is 1.09 bits per heavy atom. The first kappa shape index (κ1) is 37.8. The lowest BCUT2D eigenvalue weighted by Crippen LogP contribution is -2.58. The molecule has 11 heteroatoms. The summed E-state index contributed by atoms with van der Waals surface area (Å²) < 4.78 is 0. The molecule has 5 aliphatic rings. The first-order chi connectivity index (χ1) is 22.8. The van der Waals surface area contributed by atoms with Gasteiger partial charge in [-0.05, 0) is 53.6 Å². The van der Waals surface area contributed by atoms with E-state index in [-0.39, 0.29) is 5.54 Å². The molecule has 0 unspecified atom stereocenters. The number of piperazine rings is 5. The molecule has 0 radical (unpaired) electrons. The molecule has 5 heterocycles. The van der Waals surface area contributed by atoms with E-state index in [2.05, 4.69) is 82.8 Å². The zero-order chi connectivity index (χ0) is 33.0. The minimum Gasteiger partial charge on any atom is -0.314 e. The van der Waals surface area contributed by atoms with Gasteiger partial charge in [-0.3, -0.25) is 29.4 Å². The number of hydrogen-bond acceptors (Lipinski definition) is 11. The van der Waals surface area contributed by atoms with Crippen LogP contribution in [0.4, 0.5) is 0 Å². The van der Waals surface area contributed by atoms with Crippen LogP contribution in [0.5, 0.6) is 0 Å². The van der Waals surface area contributed by atoms with Crippen molar-refractivity contribution in [2.75, 3.05) is 183 Å². The third kappa shape index (κ3) is 12.7. The van der Waals surface area contributed by atoms with Gasteiger partial charge in [0.25, 0.3) is 0 Å². The fourth-order valence-corrected chi connectivity index (χ4v) is 8.32. The highest BCUT2D eigenvalue weighted by Crippen LogP contribution is 2.24. The maximum atomic E-state index is 3.76. The van der Waals surface area contributed by atoms with E-state index in [1.807, 2.05) is 0 Å². The molecule has 0 bridgehead atoms. The first-order valence-corrected chi connectivity index (χ1v) is 19.7. The van der Waals surface area contributed by atoms with Crippen LogP contribution >= 0.6 is 0 Å². The molecule has 11 nitrogen and oxygen atoms in total. The summed E-state index contributed by atoms with van der Waals surface area (Å²) in [6.07, 6.45) is 2.54. The van der Waals surface area contributed by atoms with Gasteiger partial charge in [0, 0.05) is 181 Å². The largest absolute Gasteiger partial charge is 0.314 e. The molecule has 0 amide bonds. The molecule has 0 aromatic heterocycles. The number of rotatable bonds is 17. The number of hydrogen-bond donors (Lipinski definition) is 3. The molecule has 5 saturated heterocycles. The van der Waals surface area contributed by atoms with Crippen molar-refractivity contribution in [1.29, 1.82) is 0 Å². The Balaban J connectivity index is 0.866. The molecule has 5 rings (SSSR count). The highest BCUT2D eigenvalue weighted by atomic mass is 15.3. The summed E-state index contributed by atoms with van der Waals surface area (Å²) in [5.41, 5.74) is 0.575. The molecular formula is C36H75N11. The number of nitrogens with zero attached hydrogens (tertiary/aromatic N) is 8. The topological polar surface area (TPSA) is 62.0 Å². The van der Waals surface area contributed by atoms with Gasteiger partial charge in [0.2, 0.25) is 0 Å². The second-order valence-corrected chi connectivity index (χ2v) is 16.4. The molecule has 0 atom stereocenters. The van der Waals surface area contributed by atoms with E-state index < -0.39 is 0 Å². The van der Waals surface area contributed by atoms with Crippen molar-refractivity contribution in [2.24, 2.45) is 0 Å². The van der Waals surface area contributed by atoms with E-state index in [0.717, 1.165) is 39.3 Å². The molecular weight excluding hydrogens is 586 g/mol. The molecule has 5 aliphatic heterocycles. The lowest BCUT2D eigenvalue weighted by molar-refractivity contribution is 0.0198. The van der Waals surface area contributed by atoms with Gasteiger partial charge in [-0.2, -0.15) is 0 Å². The van der Waals surface area contributed by atoms with E-state index in [4.69, 9.17) is 0 Å². The average molecular weight is 662 g/mol. The zero-order valence-electron chi connectivity index (χ0n) is 31.3. The fourth-order valence-electron chi connectivity index (χ4n) is 8.32. The summed E-state index contributed by atoms with van der Waals surface area (Å²) in [5.74, 6) is 0. The van der Waals surface area contributed by atoms with Crippen LogP contribution in [-0.4, -0.2) is 234 Å². The van der Waals surface area contributed by atoms with Crippen LogP contribution in [0.1, 0.15) is 40.5 Å². The molecule has 0 aromatic rings. The minimum absolute atomic E-state index is 0.277. The Kier molecular flexibility index (Phi) is 15.5. The Morgan fingerprint density at radius 2 is 0.681 bits per heavy atom. The maximum absolute atomic E-state index is 3.76. The van der Waals surface area contributed by atoms with Crippen molar-refractivity contribution < 1.29 is 0 Å². The monoisotopic (exact) mass is 662 g/mol. The van der Waals surface area contributed by atoms with Crippen LogP contribution in [0.25, 0.3) is 0 Å². The summed E-state index contributed by atoms with van der Waals surface area (Å²) in [4.78, 5) is 21.6. The third-order valence-electron chi connectivity index (χ3n) is 12.4. The van der Waals surface area contributed by atoms with Crippen LogP contribution in [0.2, 0.25) is 0 Å². The van der Waals surface area contributed by atoms with Crippen molar-refractivity contribution in [2.45, 2.75) is 51.6 Å². The van der Waals surface area contributed by atoms with Crippen LogP contribution < -0.4 is 16.0 Å². The van der Waals surface area contributed by atoms with E-state index in [1.54, 1.807) is 0 Å². The van der Waals surface area contributed by atoms with Crippen molar-refractivity contribution in [1.82, 2.24) is 55.1 Å². The molecule has 0 aliphatic carbocycles. The molecule has 3 N–H and O–H groups in total. The molecule has 5 fully saturated rings. The second-order valence-electron chi connectivity index (χ2n) is 16.4. The average Bonchev–Trinajstić information content (AvgIpc) is 3.11. The maximum Gasteiger partial charge on any atom is 0.0166 e. The Bertz CT molecular complexity index is 836. The van der Waals surface area contributed by atoms with Gasteiger partial charge in [-0.25, -0.2) is 0 Å². The molecule has 0 saturated carbocycles. The standard InChI is InChI=1S/C36H75N11/c1-35(2,5-13-40-15-7-37-8-16-40)46-31-27-41(28-32-46)14-6-36(3,4)47-33-29-44(30-34-47)20-12-39-11-19-43-22-25-45(26-23-43)24-21-42-17-9-38-10-18-42/h37-39H,5-34H2,1-4H3.